The first kappa shape index (κ1) is 12.1. The first-order chi connectivity index (χ1) is 8.16. The summed E-state index contributed by atoms with van der Waals surface area (Å²) in [6.07, 6.45) is 4.77. The van der Waals surface area contributed by atoms with E-state index < -0.39 is 0 Å². The van der Waals surface area contributed by atoms with E-state index in [1.807, 2.05) is 0 Å². The number of hydrogen-bond donors (Lipinski definition) is 0. The van der Waals surface area contributed by atoms with Crippen LogP contribution in [-0.2, 0) is 4.74 Å². The van der Waals surface area contributed by atoms with Crippen LogP contribution >= 0.6 is 0 Å². The number of ether oxygens (including phenoxy) is 1. The lowest BCUT2D eigenvalue weighted by Gasteiger charge is -2.24. The van der Waals surface area contributed by atoms with Gasteiger partial charge in [-0.15, -0.1) is 0 Å². The van der Waals surface area contributed by atoms with Crippen molar-refractivity contribution in [3.8, 4) is 0 Å². The molecule has 0 aromatic heterocycles. The number of rotatable bonds is 4. The molecule has 0 unspecified atom stereocenters. The van der Waals surface area contributed by atoms with Crippen molar-refractivity contribution in [1.82, 2.24) is 0 Å². The second-order valence-corrected chi connectivity index (χ2v) is 4.68. The lowest BCUT2D eigenvalue weighted by atomic mass is 9.83. The highest BCUT2D eigenvalue weighted by Crippen LogP contribution is 2.29. The zero-order chi connectivity index (χ0) is 12.3. The molecular weight excluding hydrogens is 219 g/mol. The SMILES string of the molecule is Cc1cc(F)ccc1C(=O)OCCC1CCC1. The molecule has 0 saturated heterocycles. The van der Waals surface area contributed by atoms with Crippen molar-refractivity contribution >= 4 is 5.97 Å². The summed E-state index contributed by atoms with van der Waals surface area (Å²) >= 11 is 0. The molecule has 1 saturated carbocycles. The van der Waals surface area contributed by atoms with Crippen molar-refractivity contribution < 1.29 is 13.9 Å². The van der Waals surface area contributed by atoms with E-state index in [4.69, 9.17) is 4.74 Å². The lowest BCUT2D eigenvalue weighted by Crippen LogP contribution is -2.16. The molecule has 1 aliphatic carbocycles. The van der Waals surface area contributed by atoms with E-state index in [-0.39, 0.29) is 11.8 Å². The summed E-state index contributed by atoms with van der Waals surface area (Å²) in [4.78, 5) is 11.7. The second-order valence-electron chi connectivity index (χ2n) is 4.68. The molecule has 1 aliphatic rings. The number of aryl methyl sites for hydroxylation is 1. The van der Waals surface area contributed by atoms with Gasteiger partial charge in [0.25, 0.3) is 0 Å². The van der Waals surface area contributed by atoms with Gasteiger partial charge < -0.3 is 4.74 Å². The predicted molar refractivity (Wildman–Crippen MR) is 63.4 cm³/mol. The van der Waals surface area contributed by atoms with Crippen LogP contribution in [0, 0.1) is 18.7 Å². The minimum Gasteiger partial charge on any atom is -0.462 e. The van der Waals surface area contributed by atoms with Crippen LogP contribution in [0.2, 0.25) is 0 Å². The summed E-state index contributed by atoms with van der Waals surface area (Å²) < 4.78 is 18.1. The standard InChI is InChI=1S/C14H17FO2/c1-10-9-12(15)5-6-13(10)14(16)17-8-7-11-3-2-4-11/h5-6,9,11H,2-4,7-8H2,1H3. The van der Waals surface area contributed by atoms with Crippen LogP contribution in [0.4, 0.5) is 4.39 Å². The number of carbonyl (C=O) groups excluding carboxylic acids is 1. The average molecular weight is 236 g/mol. The largest absolute Gasteiger partial charge is 0.462 e. The summed E-state index contributed by atoms with van der Waals surface area (Å²) in [7, 11) is 0. The third-order valence-corrected chi connectivity index (χ3v) is 3.39. The van der Waals surface area contributed by atoms with E-state index >= 15 is 0 Å². The highest BCUT2D eigenvalue weighted by Gasteiger charge is 2.18. The summed E-state index contributed by atoms with van der Waals surface area (Å²) in [5.41, 5.74) is 1.08. The van der Waals surface area contributed by atoms with Gasteiger partial charge in [-0.2, -0.15) is 0 Å². The minimum atomic E-state index is -0.346. The van der Waals surface area contributed by atoms with Crippen LogP contribution in [0.3, 0.4) is 0 Å². The number of carbonyl (C=O) groups is 1. The summed E-state index contributed by atoms with van der Waals surface area (Å²) in [6, 6.07) is 4.12. The van der Waals surface area contributed by atoms with Crippen molar-refractivity contribution in [1.29, 1.82) is 0 Å². The van der Waals surface area contributed by atoms with Crippen molar-refractivity contribution in [2.24, 2.45) is 5.92 Å². The summed E-state index contributed by atoms with van der Waals surface area (Å²) in [5.74, 6) is 0.0625. The van der Waals surface area contributed by atoms with E-state index in [0.717, 1.165) is 12.3 Å². The molecule has 0 aliphatic heterocycles. The highest BCUT2D eigenvalue weighted by atomic mass is 19.1. The van der Waals surface area contributed by atoms with Crippen molar-refractivity contribution in [2.45, 2.75) is 32.6 Å². The molecular formula is C14H17FO2. The van der Waals surface area contributed by atoms with Gasteiger partial charge in [-0.25, -0.2) is 9.18 Å². The molecule has 0 spiro atoms. The fourth-order valence-electron chi connectivity index (χ4n) is 2.03. The molecule has 0 radical (unpaired) electrons. The smallest absolute Gasteiger partial charge is 0.338 e. The van der Waals surface area contributed by atoms with Gasteiger partial charge >= 0.3 is 5.97 Å². The highest BCUT2D eigenvalue weighted by molar-refractivity contribution is 5.90. The molecule has 0 bridgehead atoms. The molecule has 2 rings (SSSR count). The maximum Gasteiger partial charge on any atom is 0.338 e. The van der Waals surface area contributed by atoms with Crippen LogP contribution in [-0.4, -0.2) is 12.6 Å². The Morgan fingerprint density at radius 2 is 2.24 bits per heavy atom. The van der Waals surface area contributed by atoms with Gasteiger partial charge in [-0.05, 0) is 43.0 Å². The van der Waals surface area contributed by atoms with Crippen LogP contribution in [0.5, 0.6) is 0 Å². The molecule has 17 heavy (non-hydrogen) atoms. The Hall–Kier alpha value is -1.38. The molecule has 1 aromatic carbocycles. The third kappa shape index (κ3) is 3.05. The van der Waals surface area contributed by atoms with Gasteiger partial charge in [0, 0.05) is 0 Å². The van der Waals surface area contributed by atoms with Crippen molar-refractivity contribution in [3.05, 3.63) is 35.1 Å². The molecule has 1 fully saturated rings. The van der Waals surface area contributed by atoms with E-state index in [9.17, 15) is 9.18 Å². The maximum absolute atomic E-state index is 12.9. The average Bonchev–Trinajstić information content (AvgIpc) is 2.21. The number of esters is 1. The molecule has 0 atom stereocenters. The predicted octanol–water partition coefficient (Wildman–Crippen LogP) is 3.48. The van der Waals surface area contributed by atoms with Gasteiger partial charge in [-0.1, -0.05) is 19.3 Å². The summed E-state index contributed by atoms with van der Waals surface area (Å²) in [5, 5.41) is 0. The molecule has 3 heteroatoms. The number of benzene rings is 1. The molecule has 0 heterocycles. The number of hydrogen-bond acceptors (Lipinski definition) is 2. The number of halogens is 1. The normalized spacial score (nSPS) is 15.4. The zero-order valence-electron chi connectivity index (χ0n) is 10.0. The Morgan fingerprint density at radius 3 is 2.82 bits per heavy atom. The van der Waals surface area contributed by atoms with Crippen LogP contribution < -0.4 is 0 Å². The minimum absolute atomic E-state index is 0.325. The quantitative estimate of drug-likeness (QED) is 0.748. The van der Waals surface area contributed by atoms with E-state index in [0.29, 0.717) is 17.7 Å². The lowest BCUT2D eigenvalue weighted by molar-refractivity contribution is 0.0463. The monoisotopic (exact) mass is 236 g/mol. The van der Waals surface area contributed by atoms with Crippen LogP contribution in [0.15, 0.2) is 18.2 Å². The van der Waals surface area contributed by atoms with Gasteiger partial charge in [0.2, 0.25) is 0 Å². The Balaban J connectivity index is 1.85. The maximum atomic E-state index is 12.9. The molecule has 1 aromatic rings. The van der Waals surface area contributed by atoms with Crippen molar-refractivity contribution in [2.75, 3.05) is 6.61 Å². The van der Waals surface area contributed by atoms with E-state index in [1.54, 1.807) is 6.92 Å². The zero-order valence-corrected chi connectivity index (χ0v) is 10.0. The Kier molecular flexibility index (Phi) is 3.77. The molecule has 92 valence electrons. The van der Waals surface area contributed by atoms with Gasteiger partial charge in [0.05, 0.1) is 12.2 Å². The fraction of sp³-hybridized carbons (Fsp3) is 0.500. The topological polar surface area (TPSA) is 26.3 Å². The Bertz CT molecular complexity index is 411. The Labute approximate surface area is 101 Å². The third-order valence-electron chi connectivity index (χ3n) is 3.39. The Morgan fingerprint density at radius 1 is 1.47 bits per heavy atom. The first-order valence-electron chi connectivity index (χ1n) is 6.10. The van der Waals surface area contributed by atoms with Crippen LogP contribution in [0.25, 0.3) is 0 Å². The van der Waals surface area contributed by atoms with Gasteiger partial charge in [0.15, 0.2) is 0 Å². The van der Waals surface area contributed by atoms with Crippen LogP contribution in [0.1, 0.15) is 41.6 Å². The van der Waals surface area contributed by atoms with E-state index in [1.165, 1.54) is 37.5 Å². The van der Waals surface area contributed by atoms with Gasteiger partial charge in [-0.3, -0.25) is 0 Å². The van der Waals surface area contributed by atoms with Crippen molar-refractivity contribution in [3.63, 3.8) is 0 Å². The summed E-state index contributed by atoms with van der Waals surface area (Å²) in [6.45, 7) is 2.19. The first-order valence-corrected chi connectivity index (χ1v) is 6.10. The molecule has 0 amide bonds. The van der Waals surface area contributed by atoms with E-state index in [2.05, 4.69) is 0 Å². The molecule has 0 N–H and O–H groups in total. The van der Waals surface area contributed by atoms with Gasteiger partial charge in [0.1, 0.15) is 5.82 Å². The fourth-order valence-corrected chi connectivity index (χ4v) is 2.03. The molecule has 2 nitrogen and oxygen atoms in total. The second kappa shape index (κ2) is 5.30.